The minimum absolute atomic E-state index is 0.335. The van der Waals surface area contributed by atoms with Crippen molar-refractivity contribution in [2.75, 3.05) is 26.2 Å². The standard InChI is InChI=1S/C17H21Cl2N3O2/c1-3-21(4-2)9-10-24-16-7-8-22(17(23)20-16)12-13-5-6-14(18)11-15(13)19/h5-8,11H,3-4,9-10,12H2,1-2H3. The lowest BCUT2D eigenvalue weighted by Gasteiger charge is -2.17. The van der Waals surface area contributed by atoms with Gasteiger partial charge in [0, 0.05) is 28.9 Å². The zero-order valence-corrected chi connectivity index (χ0v) is 15.3. The predicted molar refractivity (Wildman–Crippen MR) is 97.3 cm³/mol. The first-order valence-electron chi connectivity index (χ1n) is 7.90. The third-order valence-corrected chi connectivity index (χ3v) is 4.34. The minimum atomic E-state index is -0.374. The van der Waals surface area contributed by atoms with Crippen LogP contribution in [0.5, 0.6) is 5.88 Å². The summed E-state index contributed by atoms with van der Waals surface area (Å²) in [5.74, 6) is 0.339. The van der Waals surface area contributed by atoms with E-state index in [2.05, 4.69) is 23.7 Å². The van der Waals surface area contributed by atoms with Gasteiger partial charge in [0.05, 0.1) is 6.54 Å². The van der Waals surface area contributed by atoms with Crippen LogP contribution in [0.1, 0.15) is 19.4 Å². The van der Waals surface area contributed by atoms with E-state index < -0.39 is 0 Å². The minimum Gasteiger partial charge on any atom is -0.476 e. The van der Waals surface area contributed by atoms with Gasteiger partial charge in [0.1, 0.15) is 6.61 Å². The Bertz CT molecular complexity index is 730. The molecule has 0 bridgehead atoms. The Kier molecular flexibility index (Phi) is 7.09. The quantitative estimate of drug-likeness (QED) is 0.715. The molecular formula is C17H21Cl2N3O2. The third-order valence-electron chi connectivity index (χ3n) is 3.76. The van der Waals surface area contributed by atoms with Gasteiger partial charge in [0.15, 0.2) is 0 Å². The first-order chi connectivity index (χ1) is 11.5. The average Bonchev–Trinajstić information content (AvgIpc) is 2.56. The second kappa shape index (κ2) is 9.06. The fourth-order valence-electron chi connectivity index (χ4n) is 2.27. The van der Waals surface area contributed by atoms with Crippen LogP contribution in [0.25, 0.3) is 0 Å². The van der Waals surface area contributed by atoms with Gasteiger partial charge in [-0.1, -0.05) is 43.1 Å². The van der Waals surface area contributed by atoms with Crippen LogP contribution in [0.2, 0.25) is 10.0 Å². The van der Waals surface area contributed by atoms with E-state index in [1.165, 1.54) is 4.57 Å². The van der Waals surface area contributed by atoms with Crippen molar-refractivity contribution in [1.29, 1.82) is 0 Å². The SMILES string of the molecule is CCN(CC)CCOc1ccn(Cc2ccc(Cl)cc2Cl)c(=O)n1. The summed E-state index contributed by atoms with van der Waals surface area (Å²) in [7, 11) is 0. The van der Waals surface area contributed by atoms with Crippen LogP contribution in [0, 0.1) is 0 Å². The summed E-state index contributed by atoms with van der Waals surface area (Å²) < 4.78 is 7.03. The Morgan fingerprint density at radius 2 is 1.96 bits per heavy atom. The summed E-state index contributed by atoms with van der Waals surface area (Å²) in [4.78, 5) is 18.3. The molecule has 2 rings (SSSR count). The van der Waals surface area contributed by atoms with Gasteiger partial charge in [-0.05, 0) is 30.8 Å². The van der Waals surface area contributed by atoms with Crippen LogP contribution in [0.3, 0.4) is 0 Å². The summed E-state index contributed by atoms with van der Waals surface area (Å²) in [5, 5.41) is 1.08. The number of rotatable bonds is 8. The fourth-order valence-corrected chi connectivity index (χ4v) is 2.73. The van der Waals surface area contributed by atoms with Crippen LogP contribution in [-0.4, -0.2) is 40.7 Å². The molecule has 2 aromatic rings. The highest BCUT2D eigenvalue weighted by Crippen LogP contribution is 2.21. The number of ether oxygens (including phenoxy) is 1. The number of benzene rings is 1. The molecular weight excluding hydrogens is 349 g/mol. The number of aromatic nitrogens is 2. The second-order valence-corrected chi connectivity index (χ2v) is 6.13. The molecule has 0 N–H and O–H groups in total. The molecule has 0 aliphatic heterocycles. The molecule has 0 saturated heterocycles. The molecule has 24 heavy (non-hydrogen) atoms. The molecule has 0 unspecified atom stereocenters. The smallest absolute Gasteiger partial charge is 0.351 e. The van der Waals surface area contributed by atoms with Crippen LogP contribution in [0.4, 0.5) is 0 Å². The Hall–Kier alpha value is -1.56. The van der Waals surface area contributed by atoms with Crippen molar-refractivity contribution in [3.8, 4) is 5.88 Å². The van der Waals surface area contributed by atoms with E-state index in [0.717, 1.165) is 25.2 Å². The van der Waals surface area contributed by atoms with E-state index in [4.69, 9.17) is 27.9 Å². The van der Waals surface area contributed by atoms with Crippen LogP contribution >= 0.6 is 23.2 Å². The van der Waals surface area contributed by atoms with Crippen LogP contribution in [-0.2, 0) is 6.54 Å². The fraction of sp³-hybridized carbons (Fsp3) is 0.412. The highest BCUT2D eigenvalue weighted by molar-refractivity contribution is 6.35. The predicted octanol–water partition coefficient (Wildman–Crippen LogP) is 3.32. The average molecular weight is 370 g/mol. The van der Waals surface area contributed by atoms with Gasteiger partial charge in [-0.3, -0.25) is 4.57 Å². The third kappa shape index (κ3) is 5.23. The Morgan fingerprint density at radius 3 is 2.58 bits per heavy atom. The van der Waals surface area contributed by atoms with E-state index >= 15 is 0 Å². The molecule has 1 aromatic carbocycles. The highest BCUT2D eigenvalue weighted by atomic mass is 35.5. The van der Waals surface area contributed by atoms with Gasteiger partial charge in [-0.25, -0.2) is 4.79 Å². The molecule has 0 amide bonds. The molecule has 1 heterocycles. The first kappa shape index (κ1) is 18.8. The maximum absolute atomic E-state index is 12.1. The van der Waals surface area contributed by atoms with Gasteiger partial charge in [-0.15, -0.1) is 0 Å². The van der Waals surface area contributed by atoms with Crippen LogP contribution in [0.15, 0.2) is 35.3 Å². The van der Waals surface area contributed by atoms with Crippen molar-refractivity contribution >= 4 is 23.2 Å². The Morgan fingerprint density at radius 1 is 1.21 bits per heavy atom. The first-order valence-corrected chi connectivity index (χ1v) is 8.65. The van der Waals surface area contributed by atoms with Crippen molar-refractivity contribution in [1.82, 2.24) is 14.5 Å². The topological polar surface area (TPSA) is 47.4 Å². The molecule has 5 nitrogen and oxygen atoms in total. The van der Waals surface area contributed by atoms with Gasteiger partial charge >= 0.3 is 5.69 Å². The Balaban J connectivity index is 2.00. The number of nitrogens with zero attached hydrogens (tertiary/aromatic N) is 3. The molecule has 1 aromatic heterocycles. The lowest BCUT2D eigenvalue weighted by atomic mass is 10.2. The molecule has 0 atom stereocenters. The number of likely N-dealkylation sites (N-methyl/N-ethyl adjacent to an activating group) is 1. The van der Waals surface area contributed by atoms with E-state index in [1.54, 1.807) is 30.5 Å². The van der Waals surface area contributed by atoms with Crippen molar-refractivity contribution in [2.24, 2.45) is 0 Å². The summed E-state index contributed by atoms with van der Waals surface area (Å²) in [6, 6.07) is 6.88. The summed E-state index contributed by atoms with van der Waals surface area (Å²) in [6.07, 6.45) is 1.66. The maximum Gasteiger partial charge on any atom is 0.351 e. The molecule has 0 aliphatic carbocycles. The largest absolute Gasteiger partial charge is 0.476 e. The molecule has 0 aliphatic rings. The van der Waals surface area contributed by atoms with Crippen molar-refractivity contribution in [3.63, 3.8) is 0 Å². The zero-order valence-electron chi connectivity index (χ0n) is 13.8. The highest BCUT2D eigenvalue weighted by Gasteiger charge is 2.06. The van der Waals surface area contributed by atoms with E-state index in [-0.39, 0.29) is 5.69 Å². The van der Waals surface area contributed by atoms with Gasteiger partial charge < -0.3 is 9.64 Å². The lowest BCUT2D eigenvalue weighted by molar-refractivity contribution is 0.217. The Labute approximate surface area is 151 Å². The van der Waals surface area contributed by atoms with E-state index in [9.17, 15) is 4.79 Å². The van der Waals surface area contributed by atoms with E-state index in [1.807, 2.05) is 0 Å². The lowest BCUT2D eigenvalue weighted by Crippen LogP contribution is -2.29. The molecule has 0 saturated carbocycles. The second-order valence-electron chi connectivity index (χ2n) is 5.29. The zero-order chi connectivity index (χ0) is 17.5. The molecule has 0 radical (unpaired) electrons. The van der Waals surface area contributed by atoms with E-state index in [0.29, 0.717) is 29.1 Å². The number of hydrogen-bond acceptors (Lipinski definition) is 4. The molecule has 130 valence electrons. The molecule has 7 heteroatoms. The van der Waals surface area contributed by atoms with Gasteiger partial charge in [0.25, 0.3) is 0 Å². The van der Waals surface area contributed by atoms with Crippen molar-refractivity contribution in [3.05, 3.63) is 56.6 Å². The van der Waals surface area contributed by atoms with Crippen molar-refractivity contribution < 1.29 is 4.74 Å². The number of hydrogen-bond donors (Lipinski definition) is 0. The monoisotopic (exact) mass is 369 g/mol. The normalized spacial score (nSPS) is 11.0. The van der Waals surface area contributed by atoms with Crippen molar-refractivity contribution in [2.45, 2.75) is 20.4 Å². The molecule has 0 spiro atoms. The summed E-state index contributed by atoms with van der Waals surface area (Å²) >= 11 is 12.0. The summed E-state index contributed by atoms with van der Waals surface area (Å²) in [6.45, 7) is 7.78. The van der Waals surface area contributed by atoms with Gasteiger partial charge in [-0.2, -0.15) is 4.98 Å². The van der Waals surface area contributed by atoms with Crippen LogP contribution < -0.4 is 10.4 Å². The summed E-state index contributed by atoms with van der Waals surface area (Å²) in [5.41, 5.74) is 0.432. The number of halogens is 2. The maximum atomic E-state index is 12.1. The molecule has 0 fully saturated rings. The van der Waals surface area contributed by atoms with Gasteiger partial charge in [0.2, 0.25) is 5.88 Å².